The highest BCUT2D eigenvalue weighted by Gasteiger charge is 2.12. The van der Waals surface area contributed by atoms with Crippen LogP contribution >= 0.6 is 0 Å². The minimum atomic E-state index is -0.208. The van der Waals surface area contributed by atoms with E-state index in [9.17, 15) is 4.79 Å². The molecule has 6 heteroatoms. The van der Waals surface area contributed by atoms with Crippen molar-refractivity contribution in [1.29, 1.82) is 0 Å². The SMILES string of the molecule is COc1cc(C=Cc2noc3c(=O)ccccc23)cc(OC)c1OC. The number of nitrogens with zero attached hydrogens (tertiary/aromatic N) is 1. The lowest BCUT2D eigenvalue weighted by molar-refractivity contribution is 0.324. The van der Waals surface area contributed by atoms with Crippen LogP contribution in [0.3, 0.4) is 0 Å². The van der Waals surface area contributed by atoms with Crippen LogP contribution in [-0.2, 0) is 0 Å². The molecular formula is C19H17NO5. The minimum absolute atomic E-state index is 0.208. The second-order valence-corrected chi connectivity index (χ2v) is 5.19. The molecule has 3 aromatic rings. The molecule has 3 rings (SSSR count). The molecule has 0 bridgehead atoms. The molecule has 1 heterocycles. The van der Waals surface area contributed by atoms with Crippen LogP contribution in [0.4, 0.5) is 0 Å². The number of methoxy groups -OCH3 is 3. The summed E-state index contributed by atoms with van der Waals surface area (Å²) in [5, 5.41) is 4.62. The minimum Gasteiger partial charge on any atom is -0.493 e. The Bertz CT molecular complexity index is 966. The maximum Gasteiger partial charge on any atom is 0.224 e. The highest BCUT2D eigenvalue weighted by Crippen LogP contribution is 2.38. The molecule has 0 fully saturated rings. The van der Waals surface area contributed by atoms with E-state index in [4.69, 9.17) is 18.7 Å². The van der Waals surface area contributed by atoms with Crippen LogP contribution in [0.5, 0.6) is 17.2 Å². The molecule has 0 amide bonds. The Balaban J connectivity index is 2.05. The lowest BCUT2D eigenvalue weighted by Gasteiger charge is -2.12. The fourth-order valence-corrected chi connectivity index (χ4v) is 2.51. The van der Waals surface area contributed by atoms with E-state index in [1.165, 1.54) is 6.07 Å². The van der Waals surface area contributed by atoms with Crippen molar-refractivity contribution in [1.82, 2.24) is 5.16 Å². The van der Waals surface area contributed by atoms with Crippen LogP contribution in [0.15, 0.2) is 45.7 Å². The summed E-state index contributed by atoms with van der Waals surface area (Å²) in [6, 6.07) is 10.3. The van der Waals surface area contributed by atoms with Crippen molar-refractivity contribution in [3.05, 3.63) is 57.9 Å². The molecule has 25 heavy (non-hydrogen) atoms. The topological polar surface area (TPSA) is 70.8 Å². The summed E-state index contributed by atoms with van der Waals surface area (Å²) in [7, 11) is 4.68. The third-order valence-electron chi connectivity index (χ3n) is 3.72. The van der Waals surface area contributed by atoms with Crippen LogP contribution < -0.4 is 19.6 Å². The van der Waals surface area contributed by atoms with Gasteiger partial charge in [-0.05, 0) is 35.9 Å². The van der Waals surface area contributed by atoms with Crippen LogP contribution in [0.1, 0.15) is 11.3 Å². The highest BCUT2D eigenvalue weighted by atomic mass is 16.5. The quantitative estimate of drug-likeness (QED) is 0.710. The molecule has 0 aliphatic carbocycles. The molecule has 0 atom stereocenters. The fourth-order valence-electron chi connectivity index (χ4n) is 2.51. The second kappa shape index (κ2) is 7.09. The van der Waals surface area contributed by atoms with Gasteiger partial charge in [0.2, 0.25) is 16.8 Å². The second-order valence-electron chi connectivity index (χ2n) is 5.19. The Hall–Kier alpha value is -3.28. The number of aromatic nitrogens is 1. The molecule has 6 nitrogen and oxygen atoms in total. The largest absolute Gasteiger partial charge is 0.493 e. The summed E-state index contributed by atoms with van der Waals surface area (Å²) in [5.74, 6) is 1.64. The highest BCUT2D eigenvalue weighted by molar-refractivity contribution is 5.87. The molecule has 0 spiro atoms. The summed E-state index contributed by atoms with van der Waals surface area (Å²) in [4.78, 5) is 11.9. The molecule has 1 aromatic heterocycles. The molecule has 0 aliphatic rings. The van der Waals surface area contributed by atoms with Crippen molar-refractivity contribution in [2.45, 2.75) is 0 Å². The third kappa shape index (κ3) is 3.19. The summed E-state index contributed by atoms with van der Waals surface area (Å²) in [6.07, 6.45) is 3.60. The Kier molecular flexibility index (Phi) is 4.70. The van der Waals surface area contributed by atoms with Gasteiger partial charge < -0.3 is 18.7 Å². The van der Waals surface area contributed by atoms with E-state index in [1.54, 1.807) is 45.6 Å². The van der Waals surface area contributed by atoms with Crippen molar-refractivity contribution in [3.8, 4) is 17.2 Å². The van der Waals surface area contributed by atoms with Gasteiger partial charge in [-0.1, -0.05) is 23.4 Å². The van der Waals surface area contributed by atoms with Crippen molar-refractivity contribution in [2.75, 3.05) is 21.3 Å². The number of benzene rings is 1. The van der Waals surface area contributed by atoms with Gasteiger partial charge in [-0.25, -0.2) is 0 Å². The predicted octanol–water partition coefficient (Wildman–Crippen LogP) is 3.38. The molecule has 2 aromatic carbocycles. The Morgan fingerprint density at radius 1 is 0.960 bits per heavy atom. The standard InChI is InChI=1S/C19H17NO5/c1-22-16-10-12(11-17(23-2)19(16)24-3)8-9-14-13-6-4-5-7-15(21)18(13)25-20-14/h4-11H,1-3H3. The van der Waals surface area contributed by atoms with Crippen molar-refractivity contribution >= 4 is 23.1 Å². The average molecular weight is 339 g/mol. The van der Waals surface area contributed by atoms with E-state index in [2.05, 4.69) is 5.16 Å². The van der Waals surface area contributed by atoms with E-state index in [-0.39, 0.29) is 11.0 Å². The molecule has 0 radical (unpaired) electrons. The number of fused-ring (bicyclic) bond motifs is 1. The van der Waals surface area contributed by atoms with Gasteiger partial charge in [-0.3, -0.25) is 4.79 Å². The van der Waals surface area contributed by atoms with Crippen molar-refractivity contribution < 1.29 is 18.7 Å². The van der Waals surface area contributed by atoms with E-state index in [1.807, 2.05) is 18.2 Å². The maximum absolute atomic E-state index is 11.9. The summed E-state index contributed by atoms with van der Waals surface area (Å²) in [5.41, 5.74) is 1.42. The van der Waals surface area contributed by atoms with E-state index in [0.29, 0.717) is 28.3 Å². The van der Waals surface area contributed by atoms with Gasteiger partial charge in [0.05, 0.1) is 26.7 Å². The number of ether oxygens (including phenoxy) is 3. The van der Waals surface area contributed by atoms with Gasteiger partial charge in [0.1, 0.15) is 5.69 Å². The van der Waals surface area contributed by atoms with Crippen LogP contribution in [0.2, 0.25) is 0 Å². The van der Waals surface area contributed by atoms with Gasteiger partial charge in [0.25, 0.3) is 0 Å². The zero-order valence-corrected chi connectivity index (χ0v) is 14.1. The Morgan fingerprint density at radius 2 is 1.64 bits per heavy atom. The number of rotatable bonds is 5. The first-order valence-corrected chi connectivity index (χ1v) is 7.54. The van der Waals surface area contributed by atoms with Gasteiger partial charge in [-0.2, -0.15) is 0 Å². The summed E-state index contributed by atoms with van der Waals surface area (Å²) in [6.45, 7) is 0. The average Bonchev–Trinajstić information content (AvgIpc) is 2.95. The van der Waals surface area contributed by atoms with Crippen molar-refractivity contribution in [3.63, 3.8) is 0 Å². The summed E-state index contributed by atoms with van der Waals surface area (Å²) < 4.78 is 21.2. The van der Waals surface area contributed by atoms with Crippen molar-refractivity contribution in [2.24, 2.45) is 0 Å². The third-order valence-corrected chi connectivity index (χ3v) is 3.72. The van der Waals surface area contributed by atoms with Gasteiger partial charge >= 0.3 is 0 Å². The normalized spacial score (nSPS) is 11.0. The van der Waals surface area contributed by atoms with Gasteiger partial charge in [-0.15, -0.1) is 0 Å². The first-order valence-electron chi connectivity index (χ1n) is 7.54. The van der Waals surface area contributed by atoms with E-state index in [0.717, 1.165) is 5.56 Å². The first-order chi connectivity index (χ1) is 12.2. The van der Waals surface area contributed by atoms with Crippen LogP contribution in [0, 0.1) is 0 Å². The molecule has 0 aliphatic heterocycles. The molecule has 0 saturated carbocycles. The van der Waals surface area contributed by atoms with Gasteiger partial charge in [0.15, 0.2) is 11.5 Å². The molecule has 0 N–H and O–H groups in total. The zero-order valence-electron chi connectivity index (χ0n) is 14.1. The Labute approximate surface area is 144 Å². The predicted molar refractivity (Wildman–Crippen MR) is 95.3 cm³/mol. The lowest BCUT2D eigenvalue weighted by Crippen LogP contribution is -1.95. The molecular weight excluding hydrogens is 322 g/mol. The van der Waals surface area contributed by atoms with Crippen LogP contribution in [0.25, 0.3) is 23.1 Å². The maximum atomic E-state index is 11.9. The fraction of sp³-hybridized carbons (Fsp3) is 0.158. The lowest BCUT2D eigenvalue weighted by atomic mass is 10.1. The molecule has 0 unspecified atom stereocenters. The Morgan fingerprint density at radius 3 is 2.28 bits per heavy atom. The zero-order chi connectivity index (χ0) is 17.8. The van der Waals surface area contributed by atoms with Gasteiger partial charge in [0, 0.05) is 0 Å². The summed E-state index contributed by atoms with van der Waals surface area (Å²) >= 11 is 0. The molecule has 128 valence electrons. The smallest absolute Gasteiger partial charge is 0.224 e. The molecule has 0 saturated heterocycles. The van der Waals surface area contributed by atoms with E-state index >= 15 is 0 Å². The van der Waals surface area contributed by atoms with Crippen LogP contribution in [-0.4, -0.2) is 26.5 Å². The first kappa shape index (κ1) is 16.6. The van der Waals surface area contributed by atoms with E-state index < -0.39 is 0 Å². The monoisotopic (exact) mass is 339 g/mol. The number of hydrogen-bond acceptors (Lipinski definition) is 6. The number of hydrogen-bond donors (Lipinski definition) is 0.